The summed E-state index contributed by atoms with van der Waals surface area (Å²) in [5.41, 5.74) is 1.50. The number of ether oxygens (including phenoxy) is 4. The number of methoxy groups -OCH3 is 2. The van der Waals surface area contributed by atoms with Crippen molar-refractivity contribution < 1.29 is 43.2 Å². The summed E-state index contributed by atoms with van der Waals surface area (Å²) in [6.45, 7) is -0.335. The molecule has 45 heavy (non-hydrogen) atoms. The molecule has 0 aliphatic carbocycles. The number of carbonyl (C=O) groups is 4. The zero-order valence-corrected chi connectivity index (χ0v) is 26.3. The van der Waals surface area contributed by atoms with E-state index in [2.05, 4.69) is 0 Å². The van der Waals surface area contributed by atoms with Gasteiger partial charge in [-0.15, -0.1) is 0 Å². The van der Waals surface area contributed by atoms with E-state index in [1.54, 1.807) is 37.4 Å². The molecule has 1 N–H and O–H groups in total. The van der Waals surface area contributed by atoms with Gasteiger partial charge in [-0.3, -0.25) is 9.59 Å². The molecule has 4 rings (SSSR count). The van der Waals surface area contributed by atoms with Gasteiger partial charge in [0.05, 0.1) is 14.2 Å². The Morgan fingerprint density at radius 3 is 2.36 bits per heavy atom. The van der Waals surface area contributed by atoms with Gasteiger partial charge in [0.25, 0.3) is 11.7 Å². The second-order valence-electron chi connectivity index (χ2n) is 10.4. The number of Topliss-reactive ketones (excluding diaryl/α,β-unsaturated/α-hetero) is 1. The summed E-state index contributed by atoms with van der Waals surface area (Å²) < 4.78 is 22.2. The molecular formula is C33H33Cl2NO9. The molecule has 0 bridgehead atoms. The van der Waals surface area contributed by atoms with Crippen LogP contribution in [0.15, 0.2) is 60.7 Å². The van der Waals surface area contributed by atoms with Gasteiger partial charge in [-0.2, -0.15) is 0 Å². The predicted molar refractivity (Wildman–Crippen MR) is 166 cm³/mol. The van der Waals surface area contributed by atoms with Gasteiger partial charge in [0.1, 0.15) is 17.9 Å². The van der Waals surface area contributed by atoms with Crippen molar-refractivity contribution in [1.82, 2.24) is 4.90 Å². The van der Waals surface area contributed by atoms with Gasteiger partial charge in [-0.05, 0) is 85.7 Å². The van der Waals surface area contributed by atoms with Crippen molar-refractivity contribution in [2.24, 2.45) is 0 Å². The van der Waals surface area contributed by atoms with Crippen LogP contribution in [-0.4, -0.2) is 67.0 Å². The number of halogens is 2. The molecule has 238 valence electrons. The molecule has 0 radical (unpaired) electrons. The van der Waals surface area contributed by atoms with Crippen molar-refractivity contribution in [3.05, 3.63) is 87.4 Å². The normalized spacial score (nSPS) is 15.1. The Kier molecular flexibility index (Phi) is 11.7. The molecule has 10 nitrogen and oxygen atoms in total. The summed E-state index contributed by atoms with van der Waals surface area (Å²) in [5.74, 6) is -2.04. The third kappa shape index (κ3) is 8.89. The molecule has 1 amide bonds. The van der Waals surface area contributed by atoms with Crippen LogP contribution in [0.3, 0.4) is 0 Å². The first-order valence-corrected chi connectivity index (χ1v) is 15.0. The van der Waals surface area contributed by atoms with Gasteiger partial charge in [0, 0.05) is 22.2 Å². The van der Waals surface area contributed by atoms with E-state index < -0.39 is 42.4 Å². The number of nitrogens with zero attached hydrogens (tertiary/aromatic N) is 1. The summed E-state index contributed by atoms with van der Waals surface area (Å²) in [6, 6.07) is 15.3. The van der Waals surface area contributed by atoms with Crippen LogP contribution in [0.1, 0.15) is 53.3 Å². The second kappa shape index (κ2) is 15.6. The fraction of sp³-hybridized carbons (Fsp3) is 0.333. The Balaban J connectivity index is 1.58. The minimum atomic E-state index is -1.13. The van der Waals surface area contributed by atoms with Crippen LogP contribution < -0.4 is 14.2 Å². The number of hydrogen-bond donors (Lipinski definition) is 1. The van der Waals surface area contributed by atoms with E-state index in [-0.39, 0.29) is 22.2 Å². The number of esters is 1. The molecular weight excluding hydrogens is 625 g/mol. The molecule has 3 aromatic carbocycles. The standard InChI is InChI=1S/C33H33Cl2NO9/c1-42-28-12-10-20(14-29(28)43-2)9-11-27(21-6-5-7-25(17-21)44-19-30(37)38)45-33(41)26-8-3-4-13-36(26)32(40)31(39)22-15-23(34)18-24(35)16-22/h5-7,10,12,14-18,26-27H,3-4,8-9,11,13,19H2,1-2H3,(H,37,38). The Morgan fingerprint density at radius 1 is 0.933 bits per heavy atom. The minimum absolute atomic E-state index is 0.0289. The van der Waals surface area contributed by atoms with Crippen LogP contribution in [0.25, 0.3) is 0 Å². The van der Waals surface area contributed by atoms with Crippen LogP contribution in [0, 0.1) is 0 Å². The molecule has 1 fully saturated rings. The zero-order chi connectivity index (χ0) is 32.5. The molecule has 3 aromatic rings. The number of carbonyl (C=O) groups excluding carboxylic acids is 3. The van der Waals surface area contributed by atoms with Crippen molar-refractivity contribution in [2.75, 3.05) is 27.4 Å². The molecule has 2 unspecified atom stereocenters. The molecule has 1 saturated heterocycles. The average molecular weight is 659 g/mol. The lowest BCUT2D eigenvalue weighted by Gasteiger charge is -2.34. The number of ketones is 1. The van der Waals surface area contributed by atoms with Crippen molar-refractivity contribution in [3.8, 4) is 17.2 Å². The van der Waals surface area contributed by atoms with Crippen LogP contribution in [0.4, 0.5) is 0 Å². The van der Waals surface area contributed by atoms with Crippen molar-refractivity contribution in [2.45, 2.75) is 44.2 Å². The van der Waals surface area contributed by atoms with E-state index in [1.807, 2.05) is 12.1 Å². The fourth-order valence-corrected chi connectivity index (χ4v) is 5.68. The average Bonchev–Trinajstić information content (AvgIpc) is 3.04. The highest BCUT2D eigenvalue weighted by molar-refractivity contribution is 6.44. The van der Waals surface area contributed by atoms with Gasteiger partial charge >= 0.3 is 11.9 Å². The van der Waals surface area contributed by atoms with E-state index in [0.717, 1.165) is 5.56 Å². The first kappa shape index (κ1) is 33.6. The Bertz CT molecular complexity index is 1540. The monoisotopic (exact) mass is 657 g/mol. The topological polar surface area (TPSA) is 129 Å². The van der Waals surface area contributed by atoms with Gasteiger partial charge in [0.15, 0.2) is 18.1 Å². The second-order valence-corrected chi connectivity index (χ2v) is 11.3. The Labute approximate surface area is 270 Å². The van der Waals surface area contributed by atoms with Crippen LogP contribution >= 0.6 is 23.2 Å². The fourth-order valence-electron chi connectivity index (χ4n) is 5.15. The van der Waals surface area contributed by atoms with Crippen molar-refractivity contribution >= 4 is 46.8 Å². The van der Waals surface area contributed by atoms with Crippen molar-refractivity contribution in [3.63, 3.8) is 0 Å². The number of rotatable bonds is 13. The number of benzene rings is 3. The number of carboxylic acid groups (broad SMARTS) is 1. The van der Waals surface area contributed by atoms with Gasteiger partial charge in [-0.1, -0.05) is 41.4 Å². The van der Waals surface area contributed by atoms with Gasteiger partial charge in [-0.25, -0.2) is 9.59 Å². The lowest BCUT2D eigenvalue weighted by molar-refractivity contribution is -0.161. The summed E-state index contributed by atoms with van der Waals surface area (Å²) in [7, 11) is 3.08. The maximum atomic E-state index is 13.7. The van der Waals surface area contributed by atoms with Crippen molar-refractivity contribution in [1.29, 1.82) is 0 Å². The summed E-state index contributed by atoms with van der Waals surface area (Å²) in [4.78, 5) is 52.6. The predicted octanol–water partition coefficient (Wildman–Crippen LogP) is 5.96. The molecule has 1 heterocycles. The highest BCUT2D eigenvalue weighted by atomic mass is 35.5. The maximum absolute atomic E-state index is 13.7. The third-order valence-corrected chi connectivity index (χ3v) is 7.78. The van der Waals surface area contributed by atoms with Crippen LogP contribution in [0.5, 0.6) is 17.2 Å². The zero-order valence-electron chi connectivity index (χ0n) is 24.8. The molecule has 1 aliphatic rings. The molecule has 0 spiro atoms. The summed E-state index contributed by atoms with van der Waals surface area (Å²) in [5, 5.41) is 9.45. The lowest BCUT2D eigenvalue weighted by Crippen LogP contribution is -2.51. The van der Waals surface area contributed by atoms with E-state index in [4.69, 9.17) is 47.3 Å². The number of aryl methyl sites for hydroxylation is 1. The lowest BCUT2D eigenvalue weighted by atomic mass is 9.98. The quantitative estimate of drug-likeness (QED) is 0.135. The maximum Gasteiger partial charge on any atom is 0.341 e. The molecule has 0 aromatic heterocycles. The molecule has 1 aliphatic heterocycles. The number of hydrogen-bond acceptors (Lipinski definition) is 8. The highest BCUT2D eigenvalue weighted by Crippen LogP contribution is 2.32. The van der Waals surface area contributed by atoms with Gasteiger partial charge in [0.2, 0.25) is 0 Å². The van der Waals surface area contributed by atoms with Gasteiger partial charge < -0.3 is 29.0 Å². The number of aliphatic carboxylic acids is 1. The largest absolute Gasteiger partial charge is 0.493 e. The Morgan fingerprint density at radius 2 is 1.67 bits per heavy atom. The first-order valence-electron chi connectivity index (χ1n) is 14.3. The minimum Gasteiger partial charge on any atom is -0.493 e. The van der Waals surface area contributed by atoms with E-state index in [1.165, 1.54) is 30.2 Å². The van der Waals surface area contributed by atoms with E-state index in [0.29, 0.717) is 54.9 Å². The number of piperidine rings is 1. The number of carboxylic acids is 1. The summed E-state index contributed by atoms with van der Waals surface area (Å²) in [6.07, 6.45) is 1.61. The summed E-state index contributed by atoms with van der Waals surface area (Å²) >= 11 is 12.1. The molecule has 0 saturated carbocycles. The first-order chi connectivity index (χ1) is 21.6. The highest BCUT2D eigenvalue weighted by Gasteiger charge is 2.37. The molecule has 2 atom stereocenters. The van der Waals surface area contributed by atoms with Crippen LogP contribution in [0.2, 0.25) is 10.0 Å². The number of likely N-dealkylation sites (tertiary alicyclic amines) is 1. The number of amides is 1. The smallest absolute Gasteiger partial charge is 0.341 e. The molecule has 12 heteroatoms. The van der Waals surface area contributed by atoms with Crippen LogP contribution in [-0.2, 0) is 25.5 Å². The van der Waals surface area contributed by atoms with E-state index >= 15 is 0 Å². The van der Waals surface area contributed by atoms with E-state index in [9.17, 15) is 19.2 Å². The third-order valence-electron chi connectivity index (χ3n) is 7.35. The Hall–Kier alpha value is -4.28. The SMILES string of the molecule is COc1ccc(CCC(OC(=O)C2CCCCN2C(=O)C(=O)c2cc(Cl)cc(Cl)c2)c2cccc(OCC(=O)O)c2)cc1OC.